The Morgan fingerprint density at radius 3 is 1.76 bits per heavy atom. The number of anilines is 3. The third-order valence-electron chi connectivity index (χ3n) is 9.26. The lowest BCUT2D eigenvalue weighted by molar-refractivity contribution is 0.667. The lowest BCUT2D eigenvalue weighted by Crippen LogP contribution is -2.09. The van der Waals surface area contributed by atoms with E-state index in [0.29, 0.717) is 11.4 Å². The number of para-hydroxylation sites is 4. The van der Waals surface area contributed by atoms with Gasteiger partial charge in [0, 0.05) is 44.0 Å². The highest BCUT2D eigenvalue weighted by Gasteiger charge is 2.23. The van der Waals surface area contributed by atoms with E-state index < -0.39 is 0 Å². The van der Waals surface area contributed by atoms with Crippen LogP contribution in [-0.2, 0) is 0 Å². The molecule has 10 aromatic rings. The minimum atomic E-state index is 0.636. The van der Waals surface area contributed by atoms with E-state index in [0.717, 1.165) is 83.1 Å². The second-order valence-electron chi connectivity index (χ2n) is 12.1. The summed E-state index contributed by atoms with van der Waals surface area (Å²) in [5, 5.41) is 5.02. The number of benzene rings is 7. The summed E-state index contributed by atoms with van der Waals surface area (Å²) in [5.74, 6) is 0.636. The Morgan fingerprint density at radius 2 is 1.02 bits per heavy atom. The zero-order valence-corrected chi connectivity index (χ0v) is 26.2. The summed E-state index contributed by atoms with van der Waals surface area (Å²) in [4.78, 5) is 12.7. The Bertz CT molecular complexity index is 2780. The van der Waals surface area contributed by atoms with Crippen LogP contribution in [0.5, 0.6) is 0 Å². The highest BCUT2D eigenvalue weighted by molar-refractivity contribution is 6.21. The average molecular weight is 630 g/mol. The van der Waals surface area contributed by atoms with Crippen LogP contribution < -0.4 is 4.90 Å². The third-order valence-corrected chi connectivity index (χ3v) is 9.26. The molecule has 0 radical (unpaired) electrons. The summed E-state index contributed by atoms with van der Waals surface area (Å²) >= 11 is 0. The van der Waals surface area contributed by atoms with Crippen molar-refractivity contribution in [2.45, 2.75) is 0 Å². The van der Waals surface area contributed by atoms with Crippen LogP contribution in [0.15, 0.2) is 173 Å². The van der Waals surface area contributed by atoms with Crippen molar-refractivity contribution in [3.8, 4) is 22.6 Å². The van der Waals surface area contributed by atoms with Crippen LogP contribution in [-0.4, -0.2) is 9.97 Å². The van der Waals surface area contributed by atoms with Gasteiger partial charge in [0.2, 0.25) is 0 Å². The van der Waals surface area contributed by atoms with Gasteiger partial charge in [0.1, 0.15) is 22.4 Å². The van der Waals surface area contributed by atoms with Gasteiger partial charge in [-0.25, -0.2) is 9.97 Å². The fourth-order valence-electron chi connectivity index (χ4n) is 7.05. The third kappa shape index (κ3) is 4.33. The zero-order valence-electron chi connectivity index (χ0n) is 26.2. The van der Waals surface area contributed by atoms with Gasteiger partial charge in [0.25, 0.3) is 0 Å². The molecule has 49 heavy (non-hydrogen) atoms. The lowest BCUT2D eigenvalue weighted by Gasteiger charge is -2.25. The summed E-state index contributed by atoms with van der Waals surface area (Å²) in [6, 6.07) is 56.0. The van der Waals surface area contributed by atoms with E-state index in [2.05, 4.69) is 120 Å². The van der Waals surface area contributed by atoms with Crippen LogP contribution in [0.2, 0.25) is 0 Å². The first-order chi connectivity index (χ1) is 24.3. The summed E-state index contributed by atoms with van der Waals surface area (Å²) in [6.45, 7) is 0. The van der Waals surface area contributed by atoms with Gasteiger partial charge in [-0.1, -0.05) is 115 Å². The Kier molecular flexibility index (Phi) is 6.11. The molecule has 3 aromatic heterocycles. The number of fused-ring (bicyclic) bond motifs is 8. The van der Waals surface area contributed by atoms with Gasteiger partial charge in [0.05, 0.1) is 5.69 Å². The first-order valence-electron chi connectivity index (χ1n) is 16.3. The molecule has 230 valence electrons. The molecule has 0 saturated heterocycles. The average Bonchev–Trinajstić information content (AvgIpc) is 3.75. The Balaban J connectivity index is 1.27. The Hall–Kier alpha value is -6.72. The first-order valence-corrected chi connectivity index (χ1v) is 16.3. The molecular weight excluding hydrogens is 603 g/mol. The molecule has 0 aliphatic rings. The molecule has 0 amide bonds. The molecule has 0 aliphatic carbocycles. The molecule has 5 nitrogen and oxygen atoms in total. The highest BCUT2D eigenvalue weighted by atomic mass is 16.3. The topological polar surface area (TPSA) is 55.3 Å². The fourth-order valence-corrected chi connectivity index (χ4v) is 7.05. The number of rotatable bonds is 5. The standard InChI is InChI=1S/C44H27N3O2/c1-4-15-28(16-5-1)39-43-40(34-23-12-13-26-38(34)48-43)46-44(45-39)36-27-35-33-24-14-25-37(42(33)49-41(35)32-22-11-10-21-31(32)36)47(29-17-6-2-7-18-29)30-19-8-3-9-20-30/h1-27H. The molecule has 0 fully saturated rings. The molecule has 0 N–H and O–H groups in total. The molecule has 5 heteroatoms. The van der Waals surface area contributed by atoms with Gasteiger partial charge in [-0.3, -0.25) is 0 Å². The van der Waals surface area contributed by atoms with Gasteiger partial charge >= 0.3 is 0 Å². The van der Waals surface area contributed by atoms with Gasteiger partial charge in [-0.15, -0.1) is 0 Å². The minimum Gasteiger partial charge on any atom is -0.453 e. The molecule has 0 unspecified atom stereocenters. The van der Waals surface area contributed by atoms with Crippen LogP contribution in [0.1, 0.15) is 0 Å². The number of aromatic nitrogens is 2. The summed E-state index contributed by atoms with van der Waals surface area (Å²) < 4.78 is 13.3. The normalized spacial score (nSPS) is 11.7. The quantitative estimate of drug-likeness (QED) is 0.190. The van der Waals surface area contributed by atoms with E-state index in [1.807, 2.05) is 48.5 Å². The molecule has 0 saturated carbocycles. The Labute approximate surface area is 281 Å². The van der Waals surface area contributed by atoms with E-state index in [1.54, 1.807) is 0 Å². The van der Waals surface area contributed by atoms with Crippen molar-refractivity contribution in [3.05, 3.63) is 164 Å². The molecule has 0 atom stereocenters. The predicted octanol–water partition coefficient (Wildman–Crippen LogP) is 12.2. The van der Waals surface area contributed by atoms with E-state index in [4.69, 9.17) is 18.8 Å². The fraction of sp³-hybridized carbons (Fsp3) is 0. The lowest BCUT2D eigenvalue weighted by atomic mass is 9.99. The second-order valence-corrected chi connectivity index (χ2v) is 12.1. The monoisotopic (exact) mass is 629 g/mol. The SMILES string of the molecule is c1ccc(-c2nc(-c3cc4c5cccc(N(c6ccccc6)c6ccccc6)c5oc4c4ccccc34)nc3c2oc2ccccc23)cc1. The van der Waals surface area contributed by atoms with Crippen LogP contribution in [0, 0.1) is 0 Å². The van der Waals surface area contributed by atoms with Crippen LogP contribution in [0.25, 0.3) is 77.4 Å². The molecular formula is C44H27N3O2. The largest absolute Gasteiger partial charge is 0.453 e. The smallest absolute Gasteiger partial charge is 0.180 e. The van der Waals surface area contributed by atoms with E-state index in [9.17, 15) is 0 Å². The van der Waals surface area contributed by atoms with E-state index in [-0.39, 0.29) is 0 Å². The van der Waals surface area contributed by atoms with Crippen molar-refractivity contribution < 1.29 is 8.83 Å². The minimum absolute atomic E-state index is 0.636. The van der Waals surface area contributed by atoms with Gasteiger partial charge in [-0.2, -0.15) is 0 Å². The van der Waals surface area contributed by atoms with Gasteiger partial charge in [0.15, 0.2) is 17.0 Å². The summed E-state index contributed by atoms with van der Waals surface area (Å²) in [7, 11) is 0. The Morgan fingerprint density at radius 1 is 0.429 bits per heavy atom. The number of nitrogens with zero attached hydrogens (tertiary/aromatic N) is 3. The number of furan rings is 2. The molecule has 0 spiro atoms. The van der Waals surface area contributed by atoms with Crippen molar-refractivity contribution in [2.24, 2.45) is 0 Å². The molecule has 0 bridgehead atoms. The summed E-state index contributed by atoms with van der Waals surface area (Å²) in [5.41, 5.74) is 9.65. The van der Waals surface area contributed by atoms with Crippen molar-refractivity contribution in [2.75, 3.05) is 4.90 Å². The molecule has 0 aliphatic heterocycles. The summed E-state index contributed by atoms with van der Waals surface area (Å²) in [6.07, 6.45) is 0. The van der Waals surface area contributed by atoms with Crippen molar-refractivity contribution >= 4 is 71.8 Å². The number of hydrogen-bond donors (Lipinski definition) is 0. The van der Waals surface area contributed by atoms with Gasteiger partial charge < -0.3 is 13.7 Å². The number of hydrogen-bond acceptors (Lipinski definition) is 5. The van der Waals surface area contributed by atoms with Crippen molar-refractivity contribution in [1.82, 2.24) is 9.97 Å². The maximum absolute atomic E-state index is 6.92. The van der Waals surface area contributed by atoms with Crippen LogP contribution in [0.4, 0.5) is 17.1 Å². The molecule has 7 aromatic carbocycles. The molecule has 10 rings (SSSR count). The van der Waals surface area contributed by atoms with Crippen molar-refractivity contribution in [1.29, 1.82) is 0 Å². The van der Waals surface area contributed by atoms with Crippen LogP contribution >= 0.6 is 0 Å². The maximum Gasteiger partial charge on any atom is 0.180 e. The van der Waals surface area contributed by atoms with Crippen molar-refractivity contribution in [3.63, 3.8) is 0 Å². The zero-order chi connectivity index (χ0) is 32.3. The second kappa shape index (κ2) is 10.9. The van der Waals surface area contributed by atoms with Gasteiger partial charge in [-0.05, 0) is 53.9 Å². The predicted molar refractivity (Wildman–Crippen MR) is 200 cm³/mol. The van der Waals surface area contributed by atoms with E-state index >= 15 is 0 Å². The van der Waals surface area contributed by atoms with E-state index in [1.165, 1.54) is 0 Å². The molecule has 3 heterocycles. The first kappa shape index (κ1) is 27.4. The maximum atomic E-state index is 6.92. The highest BCUT2D eigenvalue weighted by Crippen LogP contribution is 2.45. The van der Waals surface area contributed by atoms with Crippen LogP contribution in [0.3, 0.4) is 0 Å².